The van der Waals surface area contributed by atoms with Gasteiger partial charge in [0.15, 0.2) is 0 Å². The molecular formula is C23H21N3O5S. The molecule has 0 saturated heterocycles. The normalized spacial score (nSPS) is 13.3. The van der Waals surface area contributed by atoms with Crippen LogP contribution in [-0.2, 0) is 27.7 Å². The SMILES string of the molecule is O=C(Cc1ccc([N+](=O)[O-])cc1)Nc1ccc2c(c1)CCCN2S(=O)(=O)c1ccccc1. The van der Waals surface area contributed by atoms with Crippen molar-refractivity contribution in [2.75, 3.05) is 16.2 Å². The lowest BCUT2D eigenvalue weighted by Crippen LogP contribution is -2.35. The molecule has 0 saturated carbocycles. The molecule has 1 amide bonds. The highest BCUT2D eigenvalue weighted by Gasteiger charge is 2.29. The van der Waals surface area contributed by atoms with Gasteiger partial charge in [-0.05, 0) is 54.3 Å². The second-order valence-corrected chi connectivity index (χ2v) is 9.35. The van der Waals surface area contributed by atoms with Gasteiger partial charge in [0.25, 0.3) is 15.7 Å². The average Bonchev–Trinajstić information content (AvgIpc) is 2.79. The van der Waals surface area contributed by atoms with E-state index in [9.17, 15) is 23.3 Å². The number of aryl methyl sites for hydroxylation is 1. The van der Waals surface area contributed by atoms with Gasteiger partial charge in [-0.25, -0.2) is 8.42 Å². The third-order valence-electron chi connectivity index (χ3n) is 5.28. The first-order valence-electron chi connectivity index (χ1n) is 10.1. The van der Waals surface area contributed by atoms with Crippen LogP contribution in [0.3, 0.4) is 0 Å². The van der Waals surface area contributed by atoms with Crippen molar-refractivity contribution in [1.29, 1.82) is 0 Å². The summed E-state index contributed by atoms with van der Waals surface area (Å²) >= 11 is 0. The molecule has 1 heterocycles. The molecule has 0 atom stereocenters. The molecule has 8 nitrogen and oxygen atoms in total. The number of benzene rings is 3. The average molecular weight is 452 g/mol. The molecule has 32 heavy (non-hydrogen) atoms. The summed E-state index contributed by atoms with van der Waals surface area (Å²) in [5.41, 5.74) is 2.68. The fraction of sp³-hybridized carbons (Fsp3) is 0.174. The number of rotatable bonds is 6. The molecule has 0 unspecified atom stereocenters. The standard InChI is InChI=1S/C23H21N3O5S/c27-23(15-17-8-11-20(12-9-17)26(28)29)24-19-10-13-22-18(16-19)5-4-14-25(22)32(30,31)21-6-2-1-3-7-21/h1-3,6-13,16H,4-5,14-15H2,(H,24,27). The largest absolute Gasteiger partial charge is 0.326 e. The summed E-state index contributed by atoms with van der Waals surface area (Å²) in [5, 5.41) is 13.6. The number of non-ortho nitro benzene ring substituents is 1. The first kappa shape index (κ1) is 21.5. The van der Waals surface area contributed by atoms with E-state index in [1.165, 1.54) is 16.4 Å². The fourth-order valence-corrected chi connectivity index (χ4v) is 5.30. The zero-order valence-corrected chi connectivity index (χ0v) is 17.9. The van der Waals surface area contributed by atoms with E-state index in [1.807, 2.05) is 0 Å². The molecule has 0 aliphatic carbocycles. The van der Waals surface area contributed by atoms with Crippen LogP contribution in [0.4, 0.5) is 17.1 Å². The monoisotopic (exact) mass is 451 g/mol. The van der Waals surface area contributed by atoms with Crippen LogP contribution in [0, 0.1) is 10.1 Å². The first-order valence-corrected chi connectivity index (χ1v) is 11.5. The molecule has 0 bridgehead atoms. The second-order valence-electron chi connectivity index (χ2n) is 7.49. The van der Waals surface area contributed by atoms with Crippen molar-refractivity contribution in [3.63, 3.8) is 0 Å². The predicted octanol–water partition coefficient (Wildman–Crippen LogP) is 3.92. The topological polar surface area (TPSA) is 110 Å². The van der Waals surface area contributed by atoms with Crippen molar-refractivity contribution < 1.29 is 18.1 Å². The van der Waals surface area contributed by atoms with E-state index in [0.29, 0.717) is 36.3 Å². The summed E-state index contributed by atoms with van der Waals surface area (Å²) in [6, 6.07) is 19.4. The van der Waals surface area contributed by atoms with Crippen molar-refractivity contribution in [2.24, 2.45) is 0 Å². The lowest BCUT2D eigenvalue weighted by molar-refractivity contribution is -0.384. The summed E-state index contributed by atoms with van der Waals surface area (Å²) in [5.74, 6) is -0.261. The highest BCUT2D eigenvalue weighted by Crippen LogP contribution is 2.33. The van der Waals surface area contributed by atoms with Gasteiger partial charge in [-0.15, -0.1) is 0 Å². The lowest BCUT2D eigenvalue weighted by atomic mass is 10.0. The van der Waals surface area contributed by atoms with Crippen molar-refractivity contribution >= 4 is 33.0 Å². The van der Waals surface area contributed by atoms with Crippen LogP contribution in [0.2, 0.25) is 0 Å². The summed E-state index contributed by atoms with van der Waals surface area (Å²) in [7, 11) is -3.66. The van der Waals surface area contributed by atoms with Gasteiger partial charge in [0.05, 0.1) is 21.9 Å². The Balaban J connectivity index is 1.50. The molecule has 3 aromatic rings. The van der Waals surface area contributed by atoms with Gasteiger partial charge in [0.2, 0.25) is 5.91 Å². The van der Waals surface area contributed by atoms with Gasteiger partial charge in [0, 0.05) is 24.4 Å². The molecular weight excluding hydrogens is 430 g/mol. The molecule has 0 aromatic heterocycles. The molecule has 0 radical (unpaired) electrons. The zero-order valence-electron chi connectivity index (χ0n) is 17.1. The Bertz CT molecular complexity index is 1260. The van der Waals surface area contributed by atoms with E-state index in [4.69, 9.17) is 0 Å². The van der Waals surface area contributed by atoms with Gasteiger partial charge in [-0.3, -0.25) is 19.2 Å². The summed E-state index contributed by atoms with van der Waals surface area (Å²) in [4.78, 5) is 22.9. The van der Waals surface area contributed by atoms with Crippen LogP contribution in [0.5, 0.6) is 0 Å². The van der Waals surface area contributed by atoms with E-state index in [0.717, 1.165) is 5.56 Å². The Morgan fingerprint density at radius 1 is 1.03 bits per heavy atom. The number of nitrogens with one attached hydrogen (secondary N) is 1. The number of fused-ring (bicyclic) bond motifs is 1. The van der Waals surface area contributed by atoms with Crippen molar-refractivity contribution in [3.8, 4) is 0 Å². The van der Waals surface area contributed by atoms with Crippen molar-refractivity contribution in [2.45, 2.75) is 24.2 Å². The quantitative estimate of drug-likeness (QED) is 0.451. The number of hydrogen-bond acceptors (Lipinski definition) is 5. The Morgan fingerprint density at radius 2 is 1.75 bits per heavy atom. The maximum absolute atomic E-state index is 13.1. The van der Waals surface area contributed by atoms with E-state index in [2.05, 4.69) is 5.32 Å². The molecule has 1 aliphatic rings. The molecule has 4 rings (SSSR count). The number of amides is 1. The lowest BCUT2D eigenvalue weighted by Gasteiger charge is -2.30. The number of sulfonamides is 1. The van der Waals surface area contributed by atoms with Crippen LogP contribution in [-0.4, -0.2) is 25.8 Å². The number of nitrogens with zero attached hydrogens (tertiary/aromatic N) is 2. The van der Waals surface area contributed by atoms with Crippen molar-refractivity contribution in [3.05, 3.63) is 94.0 Å². The Kier molecular flexibility index (Phi) is 5.91. The Morgan fingerprint density at radius 3 is 2.44 bits per heavy atom. The molecule has 164 valence electrons. The number of nitro groups is 1. The van der Waals surface area contributed by atoms with Crippen molar-refractivity contribution in [1.82, 2.24) is 0 Å². The minimum Gasteiger partial charge on any atom is -0.326 e. The van der Waals surface area contributed by atoms with E-state index >= 15 is 0 Å². The molecule has 9 heteroatoms. The summed E-state index contributed by atoms with van der Waals surface area (Å²) in [6.07, 6.45) is 1.46. The summed E-state index contributed by atoms with van der Waals surface area (Å²) in [6.45, 7) is 0.399. The number of carbonyl (C=O) groups is 1. The maximum atomic E-state index is 13.1. The zero-order chi connectivity index (χ0) is 22.7. The van der Waals surface area contributed by atoms with Crippen LogP contribution >= 0.6 is 0 Å². The number of carbonyl (C=O) groups excluding carboxylic acids is 1. The van der Waals surface area contributed by atoms with Crippen LogP contribution in [0.1, 0.15) is 17.5 Å². The maximum Gasteiger partial charge on any atom is 0.269 e. The predicted molar refractivity (Wildman–Crippen MR) is 121 cm³/mol. The smallest absolute Gasteiger partial charge is 0.269 e. The minimum atomic E-state index is -3.66. The molecule has 0 fully saturated rings. The van der Waals surface area contributed by atoms with Gasteiger partial charge in [0.1, 0.15) is 0 Å². The van der Waals surface area contributed by atoms with Gasteiger partial charge >= 0.3 is 0 Å². The third-order valence-corrected chi connectivity index (χ3v) is 7.11. The van der Waals surface area contributed by atoms with E-state index in [1.54, 1.807) is 60.7 Å². The van der Waals surface area contributed by atoms with Crippen LogP contribution in [0.25, 0.3) is 0 Å². The van der Waals surface area contributed by atoms with E-state index in [-0.39, 0.29) is 22.9 Å². The van der Waals surface area contributed by atoms with Crippen LogP contribution < -0.4 is 9.62 Å². The molecule has 0 spiro atoms. The van der Waals surface area contributed by atoms with Gasteiger partial charge < -0.3 is 5.32 Å². The first-order chi connectivity index (χ1) is 15.3. The Labute approximate surface area is 185 Å². The molecule has 1 N–H and O–H groups in total. The number of nitro benzene ring substituents is 1. The highest BCUT2D eigenvalue weighted by molar-refractivity contribution is 7.92. The van der Waals surface area contributed by atoms with Gasteiger partial charge in [-0.2, -0.15) is 0 Å². The third kappa shape index (κ3) is 4.47. The molecule has 1 aliphatic heterocycles. The fourth-order valence-electron chi connectivity index (χ4n) is 3.74. The molecule has 3 aromatic carbocycles. The Hall–Kier alpha value is -3.72. The van der Waals surface area contributed by atoms with E-state index < -0.39 is 14.9 Å². The minimum absolute atomic E-state index is 0.0288. The highest BCUT2D eigenvalue weighted by atomic mass is 32.2. The van der Waals surface area contributed by atoms with Crippen LogP contribution in [0.15, 0.2) is 77.7 Å². The number of hydrogen-bond donors (Lipinski definition) is 1. The van der Waals surface area contributed by atoms with Gasteiger partial charge in [-0.1, -0.05) is 30.3 Å². The summed E-state index contributed by atoms with van der Waals surface area (Å²) < 4.78 is 27.6. The second kappa shape index (κ2) is 8.80. The number of anilines is 2.